The fourth-order valence-electron chi connectivity index (χ4n) is 2.96. The molecule has 1 aromatic rings. The van der Waals surface area contributed by atoms with E-state index in [2.05, 4.69) is 5.32 Å². The molecule has 2 rings (SSSR count). The molecule has 0 spiro atoms. The number of nitrogens with one attached hydrogen (secondary N) is 1. The van der Waals surface area contributed by atoms with Crippen molar-refractivity contribution in [2.24, 2.45) is 0 Å². The second-order valence-corrected chi connectivity index (χ2v) is 5.85. The highest BCUT2D eigenvalue weighted by molar-refractivity contribution is 5.88. The Hall–Kier alpha value is -2.04. The molecule has 0 bridgehead atoms. The van der Waals surface area contributed by atoms with E-state index >= 15 is 0 Å². The SMILES string of the molecule is CCN(CC)C(=O)N[C@H](C(=O)N1CCCCC1)c1ccccc1. The van der Waals surface area contributed by atoms with E-state index in [1.807, 2.05) is 49.1 Å². The van der Waals surface area contributed by atoms with Crippen molar-refractivity contribution in [3.05, 3.63) is 35.9 Å². The van der Waals surface area contributed by atoms with Gasteiger partial charge in [0.2, 0.25) is 5.91 Å². The van der Waals surface area contributed by atoms with Gasteiger partial charge in [0, 0.05) is 26.2 Å². The van der Waals surface area contributed by atoms with E-state index in [4.69, 9.17) is 0 Å². The summed E-state index contributed by atoms with van der Waals surface area (Å²) < 4.78 is 0. The van der Waals surface area contributed by atoms with Crippen LogP contribution in [0.1, 0.15) is 44.7 Å². The van der Waals surface area contributed by atoms with Gasteiger partial charge in [-0.1, -0.05) is 30.3 Å². The van der Waals surface area contributed by atoms with Gasteiger partial charge in [-0.15, -0.1) is 0 Å². The number of likely N-dealkylation sites (tertiary alicyclic amines) is 1. The minimum atomic E-state index is -0.609. The smallest absolute Gasteiger partial charge is 0.318 e. The van der Waals surface area contributed by atoms with Crippen LogP contribution in [0.2, 0.25) is 0 Å². The summed E-state index contributed by atoms with van der Waals surface area (Å²) in [5, 5.41) is 2.93. The topological polar surface area (TPSA) is 52.7 Å². The first-order valence-electron chi connectivity index (χ1n) is 8.56. The molecule has 1 fully saturated rings. The average molecular weight is 317 g/mol. The number of carbonyl (C=O) groups is 2. The van der Waals surface area contributed by atoms with Gasteiger partial charge in [0.25, 0.3) is 0 Å². The number of rotatable bonds is 5. The molecule has 0 unspecified atom stereocenters. The summed E-state index contributed by atoms with van der Waals surface area (Å²) in [6.45, 7) is 6.69. The molecule has 5 nitrogen and oxygen atoms in total. The van der Waals surface area contributed by atoms with Crippen LogP contribution in [0.3, 0.4) is 0 Å². The van der Waals surface area contributed by atoms with Gasteiger partial charge in [0.05, 0.1) is 0 Å². The summed E-state index contributed by atoms with van der Waals surface area (Å²) in [4.78, 5) is 28.9. The zero-order valence-electron chi connectivity index (χ0n) is 14.1. The number of carbonyl (C=O) groups excluding carboxylic acids is 2. The molecule has 1 N–H and O–H groups in total. The van der Waals surface area contributed by atoms with Crippen LogP contribution in [-0.2, 0) is 4.79 Å². The maximum absolute atomic E-state index is 12.9. The zero-order chi connectivity index (χ0) is 16.7. The van der Waals surface area contributed by atoms with Crippen molar-refractivity contribution in [2.75, 3.05) is 26.2 Å². The predicted octanol–water partition coefficient (Wildman–Crippen LogP) is 2.79. The molecule has 0 radical (unpaired) electrons. The first-order chi connectivity index (χ1) is 11.2. The first kappa shape index (κ1) is 17.3. The summed E-state index contributed by atoms with van der Waals surface area (Å²) in [6, 6.07) is 8.71. The van der Waals surface area contributed by atoms with Gasteiger partial charge < -0.3 is 15.1 Å². The molecule has 0 aromatic heterocycles. The molecule has 1 aliphatic heterocycles. The van der Waals surface area contributed by atoms with Gasteiger partial charge in [-0.3, -0.25) is 4.79 Å². The van der Waals surface area contributed by atoms with E-state index in [1.54, 1.807) is 4.90 Å². The molecule has 0 saturated carbocycles. The Morgan fingerprint density at radius 3 is 2.26 bits per heavy atom. The second-order valence-electron chi connectivity index (χ2n) is 5.85. The summed E-state index contributed by atoms with van der Waals surface area (Å²) in [6.07, 6.45) is 3.25. The zero-order valence-corrected chi connectivity index (χ0v) is 14.1. The molecule has 5 heteroatoms. The number of benzene rings is 1. The summed E-state index contributed by atoms with van der Waals surface area (Å²) in [7, 11) is 0. The Balaban J connectivity index is 2.18. The quantitative estimate of drug-likeness (QED) is 0.908. The number of amides is 3. The van der Waals surface area contributed by atoms with E-state index in [9.17, 15) is 9.59 Å². The van der Waals surface area contributed by atoms with E-state index in [-0.39, 0.29) is 11.9 Å². The van der Waals surface area contributed by atoms with Gasteiger partial charge >= 0.3 is 6.03 Å². The Labute approximate surface area is 138 Å². The van der Waals surface area contributed by atoms with E-state index < -0.39 is 6.04 Å². The van der Waals surface area contributed by atoms with E-state index in [1.165, 1.54) is 6.42 Å². The van der Waals surface area contributed by atoms with Crippen LogP contribution in [0.5, 0.6) is 0 Å². The van der Waals surface area contributed by atoms with E-state index in [0.29, 0.717) is 13.1 Å². The van der Waals surface area contributed by atoms with Gasteiger partial charge in [-0.25, -0.2) is 4.79 Å². The van der Waals surface area contributed by atoms with Crippen molar-refractivity contribution in [3.8, 4) is 0 Å². The standard InChI is InChI=1S/C18H27N3O2/c1-3-20(4-2)18(23)19-16(15-11-7-5-8-12-15)17(22)21-13-9-6-10-14-21/h5,7-8,11-12,16H,3-4,6,9-10,13-14H2,1-2H3,(H,19,23)/t16-/m0/s1. The van der Waals surface area contributed by atoms with Crippen molar-refractivity contribution in [3.63, 3.8) is 0 Å². The average Bonchev–Trinajstić information content (AvgIpc) is 2.61. The number of urea groups is 1. The Morgan fingerprint density at radius 1 is 1.09 bits per heavy atom. The van der Waals surface area contributed by atoms with Crippen LogP contribution in [0.15, 0.2) is 30.3 Å². The molecule has 126 valence electrons. The third kappa shape index (κ3) is 4.47. The lowest BCUT2D eigenvalue weighted by atomic mass is 10.0. The largest absolute Gasteiger partial charge is 0.341 e. The highest BCUT2D eigenvalue weighted by Crippen LogP contribution is 2.19. The van der Waals surface area contributed by atoms with Crippen molar-refractivity contribution in [1.29, 1.82) is 0 Å². The molecule has 1 heterocycles. The van der Waals surface area contributed by atoms with Crippen molar-refractivity contribution in [1.82, 2.24) is 15.1 Å². The Morgan fingerprint density at radius 2 is 1.70 bits per heavy atom. The van der Waals surface area contributed by atoms with Crippen LogP contribution < -0.4 is 5.32 Å². The molecule has 0 aliphatic carbocycles. The molecule has 1 atom stereocenters. The lowest BCUT2D eigenvalue weighted by Crippen LogP contribution is -2.48. The third-order valence-electron chi connectivity index (χ3n) is 4.37. The highest BCUT2D eigenvalue weighted by atomic mass is 16.2. The minimum absolute atomic E-state index is 0.00333. The van der Waals surface area contributed by atoms with Crippen LogP contribution in [-0.4, -0.2) is 47.9 Å². The molecule has 1 aromatic carbocycles. The second kappa shape index (κ2) is 8.56. The van der Waals surface area contributed by atoms with Gasteiger partial charge in [0.1, 0.15) is 6.04 Å². The maximum atomic E-state index is 12.9. The van der Waals surface area contributed by atoms with Crippen LogP contribution >= 0.6 is 0 Å². The molecule has 1 saturated heterocycles. The van der Waals surface area contributed by atoms with Crippen molar-refractivity contribution < 1.29 is 9.59 Å². The van der Waals surface area contributed by atoms with Gasteiger partial charge in [-0.2, -0.15) is 0 Å². The molecule has 23 heavy (non-hydrogen) atoms. The fraction of sp³-hybridized carbons (Fsp3) is 0.556. The van der Waals surface area contributed by atoms with Crippen molar-refractivity contribution in [2.45, 2.75) is 39.2 Å². The Bertz CT molecular complexity index is 508. The van der Waals surface area contributed by atoms with E-state index in [0.717, 1.165) is 31.5 Å². The maximum Gasteiger partial charge on any atom is 0.318 e. The normalized spacial score (nSPS) is 15.8. The predicted molar refractivity (Wildman–Crippen MR) is 91.1 cm³/mol. The van der Waals surface area contributed by atoms with Crippen LogP contribution in [0.25, 0.3) is 0 Å². The number of hydrogen-bond donors (Lipinski definition) is 1. The number of nitrogens with zero attached hydrogens (tertiary/aromatic N) is 2. The third-order valence-corrected chi connectivity index (χ3v) is 4.37. The number of hydrogen-bond acceptors (Lipinski definition) is 2. The first-order valence-corrected chi connectivity index (χ1v) is 8.56. The monoisotopic (exact) mass is 317 g/mol. The summed E-state index contributed by atoms with van der Waals surface area (Å²) in [5.74, 6) is -0.00333. The lowest BCUT2D eigenvalue weighted by molar-refractivity contribution is -0.134. The molecule has 3 amide bonds. The molecule has 1 aliphatic rings. The van der Waals surface area contributed by atoms with Crippen molar-refractivity contribution >= 4 is 11.9 Å². The molecular formula is C18H27N3O2. The Kier molecular flexibility index (Phi) is 6.44. The minimum Gasteiger partial charge on any atom is -0.341 e. The molecular weight excluding hydrogens is 290 g/mol. The van der Waals surface area contributed by atoms with Crippen LogP contribution in [0, 0.1) is 0 Å². The summed E-state index contributed by atoms with van der Waals surface area (Å²) in [5.41, 5.74) is 0.837. The lowest BCUT2D eigenvalue weighted by Gasteiger charge is -2.32. The van der Waals surface area contributed by atoms with Crippen LogP contribution in [0.4, 0.5) is 4.79 Å². The summed E-state index contributed by atoms with van der Waals surface area (Å²) >= 11 is 0. The van der Waals surface area contributed by atoms with Gasteiger partial charge in [-0.05, 0) is 38.7 Å². The highest BCUT2D eigenvalue weighted by Gasteiger charge is 2.29. The fourth-order valence-corrected chi connectivity index (χ4v) is 2.96. The van der Waals surface area contributed by atoms with Gasteiger partial charge in [0.15, 0.2) is 0 Å². The number of piperidine rings is 1.